The molecule has 1 aliphatic rings. The lowest BCUT2D eigenvalue weighted by atomic mass is 10.1. The standard InChI is InChI=1S/C21H23F3N2OS/c1-15-6-8-19(9-7-15)28-16(2)20(27)26-12-10-25(11-13-26)18-5-3-4-17(14-18)21(22,23)24/h3-9,14,16H,10-13H2,1-2H3. The van der Waals surface area contributed by atoms with Crippen LogP contribution in [-0.4, -0.2) is 42.2 Å². The van der Waals surface area contributed by atoms with Crippen LogP contribution in [0.3, 0.4) is 0 Å². The highest BCUT2D eigenvalue weighted by molar-refractivity contribution is 8.00. The number of hydrogen-bond acceptors (Lipinski definition) is 3. The first kappa shape index (κ1) is 20.6. The molecule has 1 aliphatic heterocycles. The zero-order chi connectivity index (χ0) is 20.3. The molecule has 0 saturated carbocycles. The number of anilines is 1. The number of halogens is 3. The van der Waals surface area contributed by atoms with Gasteiger partial charge in [0.2, 0.25) is 5.91 Å². The summed E-state index contributed by atoms with van der Waals surface area (Å²) >= 11 is 1.53. The molecule has 1 saturated heterocycles. The maximum atomic E-state index is 12.9. The zero-order valence-corrected chi connectivity index (χ0v) is 16.7. The average Bonchev–Trinajstić information content (AvgIpc) is 2.69. The van der Waals surface area contributed by atoms with E-state index in [1.807, 2.05) is 43.0 Å². The number of aryl methyl sites for hydroxylation is 1. The van der Waals surface area contributed by atoms with Gasteiger partial charge in [0, 0.05) is 36.8 Å². The lowest BCUT2D eigenvalue weighted by molar-refractivity contribution is -0.137. The van der Waals surface area contributed by atoms with Crippen LogP contribution in [0.1, 0.15) is 18.1 Å². The topological polar surface area (TPSA) is 23.6 Å². The van der Waals surface area contributed by atoms with Gasteiger partial charge in [-0.25, -0.2) is 0 Å². The Morgan fingerprint density at radius 2 is 1.68 bits per heavy atom. The Labute approximate surface area is 167 Å². The molecule has 1 atom stereocenters. The van der Waals surface area contributed by atoms with Crippen LogP contribution in [0.15, 0.2) is 53.4 Å². The van der Waals surface area contributed by atoms with Crippen LogP contribution < -0.4 is 4.90 Å². The second-order valence-electron chi connectivity index (χ2n) is 6.93. The van der Waals surface area contributed by atoms with E-state index in [0.29, 0.717) is 31.9 Å². The van der Waals surface area contributed by atoms with Gasteiger partial charge in [-0.3, -0.25) is 4.79 Å². The number of hydrogen-bond donors (Lipinski definition) is 0. The molecule has 0 bridgehead atoms. The van der Waals surface area contributed by atoms with Gasteiger partial charge in [0.15, 0.2) is 0 Å². The fraction of sp³-hybridized carbons (Fsp3) is 0.381. The quantitative estimate of drug-likeness (QED) is 0.676. The van der Waals surface area contributed by atoms with Crippen molar-refractivity contribution in [1.29, 1.82) is 0 Å². The third-order valence-corrected chi connectivity index (χ3v) is 5.91. The molecular formula is C21H23F3N2OS. The van der Waals surface area contributed by atoms with Gasteiger partial charge in [-0.2, -0.15) is 13.2 Å². The number of carbonyl (C=O) groups is 1. The maximum absolute atomic E-state index is 12.9. The Balaban J connectivity index is 1.57. The predicted octanol–water partition coefficient (Wildman–Crippen LogP) is 4.84. The van der Waals surface area contributed by atoms with Crippen molar-refractivity contribution in [2.24, 2.45) is 0 Å². The summed E-state index contributed by atoms with van der Waals surface area (Å²) in [4.78, 5) is 17.5. The number of rotatable bonds is 4. The normalized spacial score (nSPS) is 16.2. The van der Waals surface area contributed by atoms with Gasteiger partial charge in [-0.05, 0) is 44.2 Å². The summed E-state index contributed by atoms with van der Waals surface area (Å²) in [6.07, 6.45) is -4.35. The van der Waals surface area contributed by atoms with Crippen molar-refractivity contribution in [3.05, 3.63) is 59.7 Å². The summed E-state index contributed by atoms with van der Waals surface area (Å²) in [5, 5.41) is -0.206. The summed E-state index contributed by atoms with van der Waals surface area (Å²) in [7, 11) is 0. The number of thioether (sulfide) groups is 1. The highest BCUT2D eigenvalue weighted by Gasteiger charge is 2.31. The summed E-state index contributed by atoms with van der Waals surface area (Å²) in [5.41, 5.74) is 1.07. The first-order valence-corrected chi connectivity index (χ1v) is 10.1. The van der Waals surface area contributed by atoms with E-state index in [4.69, 9.17) is 0 Å². The SMILES string of the molecule is Cc1ccc(SC(C)C(=O)N2CCN(c3cccc(C(F)(F)F)c3)CC2)cc1. The predicted molar refractivity (Wildman–Crippen MR) is 107 cm³/mol. The van der Waals surface area contributed by atoms with Crippen molar-refractivity contribution in [2.45, 2.75) is 30.2 Å². The molecule has 0 N–H and O–H groups in total. The van der Waals surface area contributed by atoms with Crippen molar-refractivity contribution >= 4 is 23.4 Å². The number of benzene rings is 2. The van der Waals surface area contributed by atoms with E-state index in [1.54, 1.807) is 11.0 Å². The number of piperazine rings is 1. The van der Waals surface area contributed by atoms with E-state index in [9.17, 15) is 18.0 Å². The average molecular weight is 408 g/mol. The Morgan fingerprint density at radius 1 is 1.04 bits per heavy atom. The molecular weight excluding hydrogens is 385 g/mol. The fourth-order valence-electron chi connectivity index (χ4n) is 3.19. The minimum atomic E-state index is -4.35. The first-order valence-electron chi connectivity index (χ1n) is 9.18. The van der Waals surface area contributed by atoms with Crippen LogP contribution in [0.25, 0.3) is 0 Å². The van der Waals surface area contributed by atoms with E-state index in [-0.39, 0.29) is 11.2 Å². The molecule has 28 heavy (non-hydrogen) atoms. The second-order valence-corrected chi connectivity index (χ2v) is 8.35. The molecule has 150 valence electrons. The van der Waals surface area contributed by atoms with Gasteiger partial charge in [0.05, 0.1) is 10.8 Å². The van der Waals surface area contributed by atoms with Gasteiger partial charge < -0.3 is 9.80 Å². The molecule has 1 fully saturated rings. The number of nitrogens with zero attached hydrogens (tertiary/aromatic N) is 2. The summed E-state index contributed by atoms with van der Waals surface area (Å²) in [5.74, 6) is 0.0641. The second kappa shape index (κ2) is 8.47. The number of carbonyl (C=O) groups excluding carboxylic acids is 1. The Bertz CT molecular complexity index is 815. The minimum absolute atomic E-state index is 0.0641. The summed E-state index contributed by atoms with van der Waals surface area (Å²) in [6, 6.07) is 13.4. The summed E-state index contributed by atoms with van der Waals surface area (Å²) < 4.78 is 38.8. The Morgan fingerprint density at radius 3 is 2.29 bits per heavy atom. The molecule has 0 aromatic heterocycles. The van der Waals surface area contributed by atoms with Crippen LogP contribution >= 0.6 is 11.8 Å². The van der Waals surface area contributed by atoms with E-state index in [0.717, 1.165) is 11.0 Å². The van der Waals surface area contributed by atoms with E-state index < -0.39 is 11.7 Å². The fourth-order valence-corrected chi connectivity index (χ4v) is 4.14. The van der Waals surface area contributed by atoms with E-state index >= 15 is 0 Å². The smallest absolute Gasteiger partial charge is 0.368 e. The van der Waals surface area contributed by atoms with Crippen LogP contribution in [0.5, 0.6) is 0 Å². The van der Waals surface area contributed by atoms with Gasteiger partial charge in [-0.15, -0.1) is 11.8 Å². The molecule has 0 aliphatic carbocycles. The Hall–Kier alpha value is -2.15. The largest absolute Gasteiger partial charge is 0.416 e. The third-order valence-electron chi connectivity index (χ3n) is 4.81. The van der Waals surface area contributed by atoms with E-state index in [1.165, 1.54) is 29.5 Å². The molecule has 0 spiro atoms. The van der Waals surface area contributed by atoms with Gasteiger partial charge in [-0.1, -0.05) is 23.8 Å². The van der Waals surface area contributed by atoms with Crippen molar-refractivity contribution in [2.75, 3.05) is 31.1 Å². The molecule has 3 nitrogen and oxygen atoms in total. The van der Waals surface area contributed by atoms with Crippen molar-refractivity contribution < 1.29 is 18.0 Å². The lowest BCUT2D eigenvalue weighted by Crippen LogP contribution is -2.50. The molecule has 1 heterocycles. The number of alkyl halides is 3. The van der Waals surface area contributed by atoms with Crippen LogP contribution in [0, 0.1) is 6.92 Å². The molecule has 1 amide bonds. The van der Waals surface area contributed by atoms with Crippen LogP contribution in [0.4, 0.5) is 18.9 Å². The first-order chi connectivity index (χ1) is 13.2. The highest BCUT2D eigenvalue weighted by atomic mass is 32.2. The van der Waals surface area contributed by atoms with Crippen LogP contribution in [-0.2, 0) is 11.0 Å². The molecule has 1 unspecified atom stereocenters. The van der Waals surface area contributed by atoms with Gasteiger partial charge >= 0.3 is 6.18 Å². The molecule has 3 rings (SSSR count). The highest BCUT2D eigenvalue weighted by Crippen LogP contribution is 2.32. The molecule has 0 radical (unpaired) electrons. The molecule has 2 aromatic rings. The summed E-state index contributed by atoms with van der Waals surface area (Å²) in [6.45, 7) is 5.98. The number of amides is 1. The zero-order valence-electron chi connectivity index (χ0n) is 15.9. The third kappa shape index (κ3) is 5.01. The Kier molecular flexibility index (Phi) is 6.23. The van der Waals surface area contributed by atoms with Crippen LogP contribution in [0.2, 0.25) is 0 Å². The van der Waals surface area contributed by atoms with Crippen molar-refractivity contribution in [3.8, 4) is 0 Å². The molecule has 7 heteroatoms. The monoisotopic (exact) mass is 408 g/mol. The maximum Gasteiger partial charge on any atom is 0.416 e. The molecule has 2 aromatic carbocycles. The minimum Gasteiger partial charge on any atom is -0.368 e. The van der Waals surface area contributed by atoms with Gasteiger partial charge in [0.1, 0.15) is 0 Å². The lowest BCUT2D eigenvalue weighted by Gasteiger charge is -2.37. The van der Waals surface area contributed by atoms with Crippen molar-refractivity contribution in [3.63, 3.8) is 0 Å². The van der Waals surface area contributed by atoms with E-state index in [2.05, 4.69) is 0 Å². The van der Waals surface area contributed by atoms with Gasteiger partial charge in [0.25, 0.3) is 0 Å². The van der Waals surface area contributed by atoms with Crippen molar-refractivity contribution in [1.82, 2.24) is 4.90 Å².